The Morgan fingerprint density at radius 1 is 1.28 bits per heavy atom. The number of carbonyl (C=O) groups is 2. The second kappa shape index (κ2) is 9.09. The number of ether oxygens (including phenoxy) is 1. The van der Waals surface area contributed by atoms with Crippen molar-refractivity contribution in [2.45, 2.75) is 26.4 Å². The van der Waals surface area contributed by atoms with Crippen LogP contribution in [-0.4, -0.2) is 39.1 Å². The number of rotatable bonds is 8. The van der Waals surface area contributed by atoms with E-state index in [4.69, 9.17) is 9.15 Å². The molecule has 2 amide bonds. The van der Waals surface area contributed by atoms with Crippen LogP contribution in [-0.2, 0) is 18.4 Å². The summed E-state index contributed by atoms with van der Waals surface area (Å²) in [6.45, 7) is 4.28. The summed E-state index contributed by atoms with van der Waals surface area (Å²) in [6, 6.07) is 10.1. The summed E-state index contributed by atoms with van der Waals surface area (Å²) in [5.74, 6) is 0.217. The van der Waals surface area contributed by atoms with Gasteiger partial charge in [0, 0.05) is 43.1 Å². The number of aromatic nitrogens is 2. The normalized spacial score (nSPS) is 10.8. The number of nitrogens with one attached hydrogen (secondary N) is 1. The molecule has 3 aromatic rings. The largest absolute Gasteiger partial charge is 0.484 e. The van der Waals surface area contributed by atoms with Gasteiger partial charge in [-0.3, -0.25) is 14.3 Å². The molecule has 0 aliphatic rings. The van der Waals surface area contributed by atoms with Crippen molar-refractivity contribution in [3.05, 3.63) is 66.4 Å². The molecule has 0 radical (unpaired) electrons. The topological polar surface area (TPSA) is 89.6 Å². The van der Waals surface area contributed by atoms with E-state index in [0.717, 1.165) is 5.56 Å². The zero-order valence-corrected chi connectivity index (χ0v) is 16.7. The number of nitrogens with zero attached hydrogens (tertiary/aromatic N) is 3. The van der Waals surface area contributed by atoms with Crippen molar-refractivity contribution >= 4 is 17.5 Å². The first-order valence-electron chi connectivity index (χ1n) is 9.27. The Hall–Kier alpha value is -3.55. The maximum Gasteiger partial charge on any atom is 0.291 e. The van der Waals surface area contributed by atoms with E-state index in [1.807, 2.05) is 27.1 Å². The molecule has 1 N–H and O–H groups in total. The van der Waals surface area contributed by atoms with Gasteiger partial charge in [0.1, 0.15) is 5.75 Å². The van der Waals surface area contributed by atoms with Crippen LogP contribution in [0, 0.1) is 0 Å². The van der Waals surface area contributed by atoms with Crippen LogP contribution in [0.2, 0.25) is 0 Å². The lowest BCUT2D eigenvalue weighted by molar-refractivity contribution is -0.135. The second-order valence-corrected chi connectivity index (χ2v) is 6.89. The van der Waals surface area contributed by atoms with Gasteiger partial charge in [-0.05, 0) is 38.1 Å². The fraction of sp³-hybridized carbons (Fsp3) is 0.286. The van der Waals surface area contributed by atoms with Crippen molar-refractivity contribution < 1.29 is 18.7 Å². The third-order valence-corrected chi connectivity index (χ3v) is 4.25. The average molecular weight is 396 g/mol. The van der Waals surface area contributed by atoms with Gasteiger partial charge in [0.2, 0.25) is 0 Å². The van der Waals surface area contributed by atoms with Gasteiger partial charge in [-0.15, -0.1) is 0 Å². The molecule has 3 rings (SSSR count). The number of hydrogen-bond donors (Lipinski definition) is 1. The molecule has 29 heavy (non-hydrogen) atoms. The van der Waals surface area contributed by atoms with Crippen LogP contribution in [0.1, 0.15) is 30.0 Å². The average Bonchev–Trinajstić information content (AvgIpc) is 3.36. The van der Waals surface area contributed by atoms with Gasteiger partial charge in [-0.25, -0.2) is 0 Å². The first kappa shape index (κ1) is 20.2. The monoisotopic (exact) mass is 396 g/mol. The van der Waals surface area contributed by atoms with E-state index in [0.29, 0.717) is 18.0 Å². The lowest BCUT2D eigenvalue weighted by atomic mass is 10.2. The molecular formula is C21H24N4O4. The molecule has 1 aromatic carbocycles. The number of furan rings is 1. The number of hydrogen-bond acceptors (Lipinski definition) is 5. The molecule has 8 heteroatoms. The van der Waals surface area contributed by atoms with Crippen molar-refractivity contribution in [3.63, 3.8) is 0 Å². The van der Waals surface area contributed by atoms with E-state index in [9.17, 15) is 9.59 Å². The number of carbonyl (C=O) groups excluding carboxylic acids is 2. The summed E-state index contributed by atoms with van der Waals surface area (Å²) in [7, 11) is 1.84. The minimum atomic E-state index is -0.356. The molecule has 8 nitrogen and oxygen atoms in total. The highest BCUT2D eigenvalue weighted by molar-refractivity contribution is 6.02. The number of amides is 2. The molecule has 0 saturated heterocycles. The molecule has 0 bridgehead atoms. The summed E-state index contributed by atoms with van der Waals surface area (Å²) >= 11 is 0. The van der Waals surface area contributed by atoms with E-state index in [2.05, 4.69) is 10.4 Å². The van der Waals surface area contributed by atoms with Crippen molar-refractivity contribution in [1.29, 1.82) is 0 Å². The van der Waals surface area contributed by atoms with Crippen LogP contribution < -0.4 is 10.1 Å². The van der Waals surface area contributed by atoms with Gasteiger partial charge < -0.3 is 19.4 Å². The van der Waals surface area contributed by atoms with Crippen LogP contribution in [0.3, 0.4) is 0 Å². The Morgan fingerprint density at radius 2 is 2.10 bits per heavy atom. The maximum atomic E-state index is 12.7. The van der Waals surface area contributed by atoms with Crippen molar-refractivity contribution in [3.8, 4) is 5.75 Å². The quantitative estimate of drug-likeness (QED) is 0.632. The SMILES string of the molecule is CC(C)N(Cc1cnn(C)c1)C(=O)COc1cccc(NC(=O)c2ccco2)c1. The van der Waals surface area contributed by atoms with Crippen LogP contribution in [0.15, 0.2) is 59.5 Å². The highest BCUT2D eigenvalue weighted by Gasteiger charge is 2.19. The predicted octanol–water partition coefficient (Wildman–Crippen LogP) is 3.08. The molecule has 0 aliphatic heterocycles. The fourth-order valence-corrected chi connectivity index (χ4v) is 2.80. The second-order valence-electron chi connectivity index (χ2n) is 6.89. The third kappa shape index (κ3) is 5.47. The molecule has 0 spiro atoms. The van der Waals surface area contributed by atoms with Gasteiger partial charge in [-0.1, -0.05) is 6.07 Å². The number of anilines is 1. The van der Waals surface area contributed by atoms with E-state index >= 15 is 0 Å². The first-order chi connectivity index (χ1) is 13.9. The van der Waals surface area contributed by atoms with Crippen molar-refractivity contribution in [2.24, 2.45) is 7.05 Å². The zero-order chi connectivity index (χ0) is 20.8. The molecular weight excluding hydrogens is 372 g/mol. The predicted molar refractivity (Wildman–Crippen MR) is 107 cm³/mol. The first-order valence-corrected chi connectivity index (χ1v) is 9.27. The lowest BCUT2D eigenvalue weighted by Gasteiger charge is -2.26. The smallest absolute Gasteiger partial charge is 0.291 e. The summed E-state index contributed by atoms with van der Waals surface area (Å²) in [4.78, 5) is 26.5. The lowest BCUT2D eigenvalue weighted by Crippen LogP contribution is -2.39. The minimum absolute atomic E-state index is 0.0187. The third-order valence-electron chi connectivity index (χ3n) is 4.25. The Kier molecular flexibility index (Phi) is 6.33. The van der Waals surface area contributed by atoms with Crippen LogP contribution in [0.5, 0.6) is 5.75 Å². The van der Waals surface area contributed by atoms with Gasteiger partial charge in [0.15, 0.2) is 12.4 Å². The molecule has 0 atom stereocenters. The van der Waals surface area contributed by atoms with Crippen molar-refractivity contribution in [1.82, 2.24) is 14.7 Å². The summed E-state index contributed by atoms with van der Waals surface area (Å²) < 4.78 is 12.5. The molecule has 152 valence electrons. The molecule has 0 unspecified atom stereocenters. The summed E-state index contributed by atoms with van der Waals surface area (Å²) in [5, 5.41) is 6.87. The van der Waals surface area contributed by atoms with E-state index < -0.39 is 0 Å². The maximum absolute atomic E-state index is 12.7. The summed E-state index contributed by atoms with van der Waals surface area (Å²) in [5.41, 5.74) is 1.50. The Balaban J connectivity index is 1.59. The molecule has 2 heterocycles. The van der Waals surface area contributed by atoms with Gasteiger partial charge in [-0.2, -0.15) is 5.10 Å². The molecule has 0 saturated carbocycles. The Labute approximate surface area is 169 Å². The van der Waals surface area contributed by atoms with Gasteiger partial charge >= 0.3 is 0 Å². The standard InChI is InChI=1S/C21H24N4O4/c1-15(2)25(13-16-11-22-24(3)12-16)20(26)14-29-18-7-4-6-17(10-18)23-21(27)19-8-5-9-28-19/h4-12,15H,13-14H2,1-3H3,(H,23,27). The Bertz CT molecular complexity index is 963. The minimum Gasteiger partial charge on any atom is -0.484 e. The number of benzene rings is 1. The van der Waals surface area contributed by atoms with E-state index in [-0.39, 0.29) is 30.2 Å². The van der Waals surface area contributed by atoms with Crippen LogP contribution in [0.25, 0.3) is 0 Å². The van der Waals surface area contributed by atoms with E-state index in [1.54, 1.807) is 52.2 Å². The van der Waals surface area contributed by atoms with Gasteiger partial charge in [0.05, 0.1) is 12.5 Å². The summed E-state index contributed by atoms with van der Waals surface area (Å²) in [6.07, 6.45) is 5.06. The highest BCUT2D eigenvalue weighted by atomic mass is 16.5. The zero-order valence-electron chi connectivity index (χ0n) is 16.7. The fourth-order valence-electron chi connectivity index (χ4n) is 2.80. The van der Waals surface area contributed by atoms with E-state index in [1.165, 1.54) is 6.26 Å². The molecule has 0 fully saturated rings. The highest BCUT2D eigenvalue weighted by Crippen LogP contribution is 2.19. The van der Waals surface area contributed by atoms with Gasteiger partial charge in [0.25, 0.3) is 11.8 Å². The Morgan fingerprint density at radius 3 is 2.76 bits per heavy atom. The molecule has 2 aromatic heterocycles. The van der Waals surface area contributed by atoms with Crippen molar-refractivity contribution in [2.75, 3.05) is 11.9 Å². The molecule has 0 aliphatic carbocycles. The van der Waals surface area contributed by atoms with Crippen LogP contribution >= 0.6 is 0 Å². The number of aryl methyl sites for hydroxylation is 1. The van der Waals surface area contributed by atoms with Crippen LogP contribution in [0.4, 0.5) is 5.69 Å².